The number of ether oxygens (including phenoxy) is 1. The smallest absolute Gasteiger partial charge is 0.416 e. The van der Waals surface area contributed by atoms with Gasteiger partial charge in [-0.2, -0.15) is 17.6 Å². The summed E-state index contributed by atoms with van der Waals surface area (Å²) in [4.78, 5) is 30.3. The van der Waals surface area contributed by atoms with Gasteiger partial charge in [-0.25, -0.2) is 19.3 Å². The summed E-state index contributed by atoms with van der Waals surface area (Å²) in [7, 11) is 1.52. The van der Waals surface area contributed by atoms with E-state index in [0.29, 0.717) is 43.7 Å². The van der Waals surface area contributed by atoms with Crippen molar-refractivity contribution in [1.29, 1.82) is 0 Å². The molecule has 10 nitrogen and oxygen atoms in total. The molecule has 2 N–H and O–H groups in total. The van der Waals surface area contributed by atoms with Crippen LogP contribution in [0.5, 0.6) is 0 Å². The average molecular weight is 656 g/mol. The van der Waals surface area contributed by atoms with Crippen molar-refractivity contribution in [3.8, 4) is 11.3 Å². The Balaban J connectivity index is 1.44. The third-order valence-electron chi connectivity index (χ3n) is 8.07. The highest BCUT2D eigenvalue weighted by Gasteiger charge is 2.33. The van der Waals surface area contributed by atoms with Crippen LogP contribution in [-0.4, -0.2) is 94.4 Å². The Kier molecular flexibility index (Phi) is 10.2. The van der Waals surface area contributed by atoms with Crippen LogP contribution in [0.1, 0.15) is 36.6 Å². The molecule has 1 aromatic carbocycles. The van der Waals surface area contributed by atoms with Gasteiger partial charge in [0.15, 0.2) is 16.8 Å². The van der Waals surface area contributed by atoms with Crippen molar-refractivity contribution < 1.29 is 36.6 Å². The largest absolute Gasteiger partial charge is 0.481 e. The van der Waals surface area contributed by atoms with Gasteiger partial charge in [0.1, 0.15) is 12.1 Å². The number of aromatic nitrogens is 3. The van der Waals surface area contributed by atoms with E-state index in [4.69, 9.17) is 9.84 Å². The summed E-state index contributed by atoms with van der Waals surface area (Å²) < 4.78 is 76.4. The van der Waals surface area contributed by atoms with Gasteiger partial charge in [0.25, 0.3) is 0 Å². The van der Waals surface area contributed by atoms with E-state index in [1.807, 2.05) is 4.90 Å². The average Bonchev–Trinajstić information content (AvgIpc) is 3.58. The normalized spacial score (nSPS) is 19.8. The van der Waals surface area contributed by atoms with Crippen LogP contribution in [0.2, 0.25) is 0 Å². The maximum Gasteiger partial charge on any atom is 0.416 e. The molecule has 0 aliphatic carbocycles. The van der Waals surface area contributed by atoms with Crippen molar-refractivity contribution in [2.45, 2.75) is 51.0 Å². The Bertz CT molecular complexity index is 1510. The van der Waals surface area contributed by atoms with Crippen LogP contribution in [0.15, 0.2) is 24.5 Å². The van der Waals surface area contributed by atoms with Gasteiger partial charge in [-0.3, -0.25) is 14.6 Å². The number of piperazine rings is 1. The molecular weight excluding hydrogens is 621 g/mol. The number of alkyl halides is 3. The molecule has 2 atom stereocenters. The van der Waals surface area contributed by atoms with Crippen molar-refractivity contribution in [2.24, 2.45) is 0 Å². The van der Waals surface area contributed by atoms with Crippen molar-refractivity contribution in [3.63, 3.8) is 0 Å². The van der Waals surface area contributed by atoms with E-state index < -0.39 is 29.3 Å². The SMILES string of the molecule is COC[C@@H]1CN(CCC(=O)O)CCN1c1ncnc(Nc2nc(-c3cc(F)cc(C(F)(F)F)c3)c(CN3CCC[C@H]3C)s2)c1F. The zero-order valence-corrected chi connectivity index (χ0v) is 25.6. The number of likely N-dealkylation sites (tertiary alicyclic amines) is 1. The zero-order chi connectivity index (χ0) is 32.3. The van der Waals surface area contributed by atoms with Crippen LogP contribution in [0, 0.1) is 11.6 Å². The number of thiazole rings is 1. The Morgan fingerprint density at radius 3 is 2.67 bits per heavy atom. The molecule has 0 saturated carbocycles. The molecular formula is C29H34F5N7O3S. The van der Waals surface area contributed by atoms with E-state index in [-0.39, 0.29) is 53.1 Å². The number of rotatable bonds is 11. The molecule has 4 heterocycles. The highest BCUT2D eigenvalue weighted by Crippen LogP contribution is 2.39. The fraction of sp³-hybridized carbons (Fsp3) is 0.517. The van der Waals surface area contributed by atoms with Crippen molar-refractivity contribution in [3.05, 3.63) is 46.6 Å². The third kappa shape index (κ3) is 7.85. The molecule has 0 radical (unpaired) electrons. The van der Waals surface area contributed by atoms with Gasteiger partial charge < -0.3 is 20.1 Å². The van der Waals surface area contributed by atoms with Crippen molar-refractivity contribution in [1.82, 2.24) is 24.8 Å². The molecule has 0 amide bonds. The minimum absolute atomic E-state index is 0.0166. The van der Waals surface area contributed by atoms with E-state index in [0.717, 1.165) is 42.9 Å². The number of anilines is 3. The van der Waals surface area contributed by atoms with Crippen LogP contribution >= 0.6 is 11.3 Å². The van der Waals surface area contributed by atoms with Crippen molar-refractivity contribution in [2.75, 3.05) is 56.7 Å². The molecule has 0 bridgehead atoms. The molecule has 0 unspecified atom stereocenters. The number of halogens is 5. The summed E-state index contributed by atoms with van der Waals surface area (Å²) in [6.07, 6.45) is -1.61. The lowest BCUT2D eigenvalue weighted by atomic mass is 10.1. The first-order valence-corrected chi connectivity index (χ1v) is 15.3. The standard InChI is InChI=1S/C29H34F5N7O3S/c1-17-4-3-6-40(17)14-22-25(18-10-19(29(32,33)34)12-20(30)11-18)37-28(45-22)38-26-24(31)27(36-16-35-26)41-9-8-39(7-5-23(42)43)13-21(41)15-44-2/h10-12,16-17,21H,3-9,13-15H2,1-2H3,(H,42,43)(H,35,36,37,38)/t17-,21+/m1/s1. The van der Waals surface area contributed by atoms with Crippen LogP contribution in [0.4, 0.5) is 38.7 Å². The topological polar surface area (TPSA) is 107 Å². The quantitative estimate of drug-likeness (QED) is 0.267. The first kappa shape index (κ1) is 32.9. The Morgan fingerprint density at radius 2 is 1.98 bits per heavy atom. The Hall–Kier alpha value is -3.47. The van der Waals surface area contributed by atoms with Crippen LogP contribution in [0.3, 0.4) is 0 Å². The molecule has 2 aliphatic rings. The first-order chi connectivity index (χ1) is 21.4. The number of carboxylic acid groups (broad SMARTS) is 1. The number of carbonyl (C=O) groups is 1. The van der Waals surface area contributed by atoms with Gasteiger partial charge in [0.05, 0.1) is 30.3 Å². The Labute approximate surface area is 260 Å². The Morgan fingerprint density at radius 1 is 1.18 bits per heavy atom. The van der Waals surface area contributed by atoms with E-state index in [1.165, 1.54) is 13.4 Å². The van der Waals surface area contributed by atoms with E-state index in [9.17, 15) is 22.4 Å². The van der Waals surface area contributed by atoms with Gasteiger partial charge in [-0.15, -0.1) is 0 Å². The van der Waals surface area contributed by atoms with Crippen LogP contribution in [-0.2, 0) is 22.3 Å². The van der Waals surface area contributed by atoms with E-state index in [1.54, 1.807) is 4.90 Å². The summed E-state index contributed by atoms with van der Waals surface area (Å²) in [5.74, 6) is -2.85. The highest BCUT2D eigenvalue weighted by atomic mass is 32.1. The number of carboxylic acids is 1. The molecule has 5 rings (SSSR count). The lowest BCUT2D eigenvalue weighted by molar-refractivity contribution is -0.138. The van der Waals surface area contributed by atoms with Gasteiger partial charge in [0.2, 0.25) is 5.82 Å². The van der Waals surface area contributed by atoms with Gasteiger partial charge >= 0.3 is 12.1 Å². The molecule has 244 valence electrons. The lowest BCUT2D eigenvalue weighted by Crippen LogP contribution is -2.55. The third-order valence-corrected chi connectivity index (χ3v) is 9.02. The maximum atomic E-state index is 16.0. The van der Waals surface area contributed by atoms with Gasteiger partial charge in [-0.05, 0) is 44.5 Å². The van der Waals surface area contributed by atoms with Crippen molar-refractivity contribution >= 4 is 34.1 Å². The molecule has 2 fully saturated rings. The minimum Gasteiger partial charge on any atom is -0.481 e. The molecule has 2 aliphatic heterocycles. The monoisotopic (exact) mass is 655 g/mol. The second-order valence-corrected chi connectivity index (χ2v) is 12.3. The summed E-state index contributed by atoms with van der Waals surface area (Å²) in [6, 6.07) is 2.26. The second kappa shape index (κ2) is 13.9. The predicted molar refractivity (Wildman–Crippen MR) is 159 cm³/mol. The summed E-state index contributed by atoms with van der Waals surface area (Å²) in [5, 5.41) is 12.1. The number of nitrogens with one attached hydrogen (secondary N) is 1. The fourth-order valence-electron chi connectivity index (χ4n) is 5.78. The molecule has 3 aromatic rings. The number of hydrogen-bond acceptors (Lipinski definition) is 10. The zero-order valence-electron chi connectivity index (χ0n) is 24.8. The maximum absolute atomic E-state index is 16.0. The van der Waals surface area contributed by atoms with Gasteiger partial charge in [0, 0.05) is 56.3 Å². The van der Waals surface area contributed by atoms with E-state index >= 15 is 4.39 Å². The predicted octanol–water partition coefficient (Wildman–Crippen LogP) is 5.24. The molecule has 2 saturated heterocycles. The second-order valence-electron chi connectivity index (χ2n) is 11.2. The summed E-state index contributed by atoms with van der Waals surface area (Å²) >= 11 is 1.14. The van der Waals surface area contributed by atoms with Crippen LogP contribution in [0.25, 0.3) is 11.3 Å². The molecule has 45 heavy (non-hydrogen) atoms. The summed E-state index contributed by atoms with van der Waals surface area (Å²) in [6.45, 7) is 5.14. The number of nitrogens with zero attached hydrogens (tertiary/aromatic N) is 6. The van der Waals surface area contributed by atoms with Gasteiger partial charge in [-0.1, -0.05) is 11.3 Å². The molecule has 2 aromatic heterocycles. The molecule has 0 spiro atoms. The fourth-order valence-corrected chi connectivity index (χ4v) is 6.79. The lowest BCUT2D eigenvalue weighted by Gasteiger charge is -2.41. The molecule has 16 heteroatoms. The number of hydrogen-bond donors (Lipinski definition) is 2. The van der Waals surface area contributed by atoms with Crippen LogP contribution < -0.4 is 10.2 Å². The highest BCUT2D eigenvalue weighted by molar-refractivity contribution is 7.16. The number of aliphatic carboxylic acids is 1. The number of methoxy groups -OCH3 is 1. The number of benzene rings is 1. The van der Waals surface area contributed by atoms with E-state index in [2.05, 4.69) is 32.1 Å². The first-order valence-electron chi connectivity index (χ1n) is 14.5. The summed E-state index contributed by atoms with van der Waals surface area (Å²) in [5.41, 5.74) is -0.972. The minimum atomic E-state index is -4.75.